The highest BCUT2D eigenvalue weighted by Crippen LogP contribution is 2.37. The third-order valence-corrected chi connectivity index (χ3v) is 7.96. The fraction of sp³-hybridized carbons (Fsp3) is 0.188. The summed E-state index contributed by atoms with van der Waals surface area (Å²) in [5.74, 6) is -6.12. The molecule has 0 saturated carbocycles. The number of rotatable bonds is 7. The molecule has 0 bridgehead atoms. The number of ether oxygens (including phenoxy) is 1. The number of aromatic carboxylic acids is 1. The van der Waals surface area contributed by atoms with E-state index in [1.165, 1.54) is 18.2 Å². The predicted octanol–water partition coefficient (Wildman–Crippen LogP) is 4.87. The van der Waals surface area contributed by atoms with Gasteiger partial charge in [-0.3, -0.25) is 9.59 Å². The van der Waals surface area contributed by atoms with Crippen molar-refractivity contribution in [2.45, 2.75) is 33.1 Å². The van der Waals surface area contributed by atoms with Crippen molar-refractivity contribution in [3.63, 3.8) is 0 Å². The van der Waals surface area contributed by atoms with Crippen molar-refractivity contribution in [1.82, 2.24) is 15.0 Å². The number of nitrogens with one attached hydrogen (secondary N) is 4. The Morgan fingerprint density at radius 1 is 0.911 bits per heavy atom. The highest BCUT2D eigenvalue weighted by atomic mass is 19.1. The van der Waals surface area contributed by atoms with Gasteiger partial charge >= 0.3 is 11.9 Å². The van der Waals surface area contributed by atoms with Crippen LogP contribution in [-0.2, 0) is 19.3 Å². The number of H-pyrrole nitrogens is 3. The van der Waals surface area contributed by atoms with E-state index in [-0.39, 0.29) is 46.5 Å². The molecule has 0 fully saturated rings. The summed E-state index contributed by atoms with van der Waals surface area (Å²) in [4.78, 5) is 59.7. The maximum absolute atomic E-state index is 15.2. The Bertz CT molecular complexity index is 2180. The molecule has 0 atom stereocenters. The summed E-state index contributed by atoms with van der Waals surface area (Å²) in [5, 5.41) is 24.7. The lowest BCUT2D eigenvalue weighted by atomic mass is 9.97. The number of carbonyl (C=O) groups is 2. The van der Waals surface area contributed by atoms with E-state index in [9.17, 15) is 29.4 Å². The zero-order valence-corrected chi connectivity index (χ0v) is 24.0. The second kappa shape index (κ2) is 11.1. The normalized spacial score (nSPS) is 12.3. The van der Waals surface area contributed by atoms with Crippen LogP contribution in [0, 0.1) is 11.6 Å². The van der Waals surface area contributed by atoms with E-state index in [2.05, 4.69) is 20.3 Å². The maximum Gasteiger partial charge on any atom is 0.353 e. The lowest BCUT2D eigenvalue weighted by Crippen LogP contribution is -2.27. The molecule has 0 aliphatic carbocycles. The topological polar surface area (TPSA) is 177 Å². The number of benzene rings is 2. The molecule has 0 unspecified atom stereocenters. The number of pyridine rings is 2. The molecule has 3 aromatic heterocycles. The minimum atomic E-state index is -1.74. The molecule has 45 heavy (non-hydrogen) atoms. The Kier molecular flexibility index (Phi) is 7.23. The Morgan fingerprint density at radius 2 is 1.56 bits per heavy atom. The number of hydrogen-bond acceptors (Lipinski definition) is 7. The second-order valence-electron chi connectivity index (χ2n) is 10.5. The number of carbonyl (C=O) groups excluding carboxylic acids is 1. The van der Waals surface area contributed by atoms with Crippen LogP contribution in [-0.4, -0.2) is 43.6 Å². The summed E-state index contributed by atoms with van der Waals surface area (Å²) in [5.41, 5.74) is -2.47. The van der Waals surface area contributed by atoms with Crippen LogP contribution in [0.5, 0.6) is 11.5 Å². The molecule has 0 spiro atoms. The molecule has 11 nitrogen and oxygen atoms in total. The Morgan fingerprint density at radius 3 is 2.24 bits per heavy atom. The zero-order chi connectivity index (χ0) is 32.2. The number of aromatic nitrogens is 3. The highest BCUT2D eigenvalue weighted by molar-refractivity contribution is 5.98. The van der Waals surface area contributed by atoms with Crippen LogP contribution in [0.4, 0.5) is 14.5 Å². The van der Waals surface area contributed by atoms with Gasteiger partial charge in [0.05, 0.1) is 11.4 Å². The number of fused-ring (bicyclic) bond motifs is 2. The van der Waals surface area contributed by atoms with Crippen LogP contribution in [0.3, 0.4) is 0 Å². The van der Waals surface area contributed by atoms with E-state index in [1.807, 2.05) is 0 Å². The third kappa shape index (κ3) is 4.82. The summed E-state index contributed by atoms with van der Waals surface area (Å²) >= 11 is 0. The van der Waals surface area contributed by atoms with Crippen molar-refractivity contribution in [2.75, 3.05) is 11.9 Å². The van der Waals surface area contributed by atoms with E-state index < -0.39 is 57.3 Å². The van der Waals surface area contributed by atoms with Gasteiger partial charge in [0.15, 0.2) is 16.9 Å². The molecule has 5 aromatic rings. The first kappa shape index (κ1) is 29.4. The average Bonchev–Trinajstić information content (AvgIpc) is 3.64. The largest absolute Gasteiger partial charge is 0.506 e. The van der Waals surface area contributed by atoms with Crippen molar-refractivity contribution in [3.05, 3.63) is 96.7 Å². The Balaban J connectivity index is 1.49. The lowest BCUT2D eigenvalue weighted by Gasteiger charge is -2.18. The smallest absolute Gasteiger partial charge is 0.353 e. The van der Waals surface area contributed by atoms with Crippen LogP contribution in [0.15, 0.2) is 46.1 Å². The highest BCUT2D eigenvalue weighted by Gasteiger charge is 2.31. The molecule has 0 radical (unpaired) electrons. The number of hydrogen-bond donors (Lipinski definition) is 6. The number of esters is 1. The maximum atomic E-state index is 15.2. The molecule has 6 rings (SSSR count). The number of aromatic hydroxyl groups is 1. The summed E-state index contributed by atoms with van der Waals surface area (Å²) < 4.78 is 35.8. The van der Waals surface area contributed by atoms with Gasteiger partial charge in [0, 0.05) is 51.6 Å². The summed E-state index contributed by atoms with van der Waals surface area (Å²) in [6.45, 7) is 3.80. The number of anilines is 1. The molecule has 0 amide bonds. The Labute approximate surface area is 252 Å². The standard InChI is InChI=1S/C32H26F2N4O7/c1-3-15-25(17-9-13-5-7-35-21(13)11-19(17)33)37-29(40)23(27(15)39)32(44)45-28-16(4-2)26(38-30(41)24(28)31(42)43)18-10-14-6-8-36-22(14)12-20(18)34/h6,8-12,35-36H,3-5,7H2,1-2H3,(H,38,41)(H,42,43)(H2,37,39,40). The van der Waals surface area contributed by atoms with Crippen LogP contribution < -0.4 is 21.2 Å². The van der Waals surface area contributed by atoms with E-state index in [0.29, 0.717) is 29.6 Å². The number of halogens is 2. The minimum Gasteiger partial charge on any atom is -0.506 e. The van der Waals surface area contributed by atoms with E-state index >= 15 is 8.78 Å². The van der Waals surface area contributed by atoms with Gasteiger partial charge in [-0.05, 0) is 55.2 Å². The molecule has 13 heteroatoms. The first-order valence-corrected chi connectivity index (χ1v) is 14.1. The van der Waals surface area contributed by atoms with Crippen LogP contribution in [0.1, 0.15) is 51.3 Å². The van der Waals surface area contributed by atoms with Gasteiger partial charge in [0.1, 0.15) is 17.4 Å². The Hall–Kier alpha value is -5.72. The predicted molar refractivity (Wildman–Crippen MR) is 161 cm³/mol. The average molecular weight is 617 g/mol. The van der Waals surface area contributed by atoms with Gasteiger partial charge in [0.2, 0.25) is 0 Å². The van der Waals surface area contributed by atoms with E-state index in [1.54, 1.807) is 32.2 Å². The fourth-order valence-corrected chi connectivity index (χ4v) is 5.81. The van der Waals surface area contributed by atoms with Crippen molar-refractivity contribution in [3.8, 4) is 34.0 Å². The molecule has 230 valence electrons. The second-order valence-corrected chi connectivity index (χ2v) is 10.5. The SMILES string of the molecule is CCc1c(-c2cc3c(cc2F)NCC3)[nH]c(=O)c(C(=O)Oc2c(CC)c(-c3cc4cc[nH]c4cc3F)[nH]c(=O)c2C(=O)O)c1O. The molecule has 1 aliphatic rings. The summed E-state index contributed by atoms with van der Waals surface area (Å²) in [6.07, 6.45) is 2.24. The molecule has 0 saturated heterocycles. The van der Waals surface area contributed by atoms with E-state index in [0.717, 1.165) is 5.56 Å². The molecular formula is C32H26F2N4O7. The number of carboxylic acid groups (broad SMARTS) is 1. The van der Waals surface area contributed by atoms with Crippen molar-refractivity contribution in [1.29, 1.82) is 0 Å². The molecule has 2 aromatic carbocycles. The molecular weight excluding hydrogens is 590 g/mol. The zero-order valence-electron chi connectivity index (χ0n) is 24.0. The van der Waals surface area contributed by atoms with Gasteiger partial charge in [-0.25, -0.2) is 18.4 Å². The number of aromatic amines is 3. The van der Waals surface area contributed by atoms with Gasteiger partial charge in [-0.1, -0.05) is 13.8 Å². The van der Waals surface area contributed by atoms with Crippen molar-refractivity contribution >= 4 is 28.5 Å². The first-order chi connectivity index (χ1) is 21.5. The third-order valence-electron chi connectivity index (χ3n) is 7.96. The van der Waals surface area contributed by atoms with Gasteiger partial charge in [-0.2, -0.15) is 0 Å². The van der Waals surface area contributed by atoms with Crippen LogP contribution in [0.2, 0.25) is 0 Å². The van der Waals surface area contributed by atoms with Gasteiger partial charge in [-0.15, -0.1) is 0 Å². The van der Waals surface area contributed by atoms with Crippen LogP contribution in [0.25, 0.3) is 33.4 Å². The molecule has 4 heterocycles. The minimum absolute atomic E-state index is 0.0173. The van der Waals surface area contributed by atoms with Gasteiger partial charge in [0.25, 0.3) is 11.1 Å². The van der Waals surface area contributed by atoms with Gasteiger partial charge < -0.3 is 35.2 Å². The van der Waals surface area contributed by atoms with Crippen LogP contribution >= 0.6 is 0 Å². The quantitative estimate of drug-likeness (QED) is 0.140. The first-order valence-electron chi connectivity index (χ1n) is 14.1. The summed E-state index contributed by atoms with van der Waals surface area (Å²) in [6, 6.07) is 7.15. The van der Waals surface area contributed by atoms with Crippen molar-refractivity contribution in [2.24, 2.45) is 0 Å². The monoisotopic (exact) mass is 616 g/mol. The molecule has 6 N–H and O–H groups in total. The lowest BCUT2D eigenvalue weighted by molar-refractivity contribution is 0.0677. The molecule has 1 aliphatic heterocycles. The van der Waals surface area contributed by atoms with Crippen molar-refractivity contribution < 1.29 is 33.3 Å². The number of carboxylic acids is 1. The fourth-order valence-electron chi connectivity index (χ4n) is 5.81. The van der Waals surface area contributed by atoms with E-state index in [4.69, 9.17) is 4.74 Å². The summed E-state index contributed by atoms with van der Waals surface area (Å²) in [7, 11) is 0.